The Labute approximate surface area is 211 Å². The fourth-order valence-corrected chi connectivity index (χ4v) is 5.45. The summed E-state index contributed by atoms with van der Waals surface area (Å²) in [5.41, 5.74) is 5.16. The van der Waals surface area contributed by atoms with Crippen LogP contribution in [0.4, 0.5) is 5.69 Å². The maximum Gasteiger partial charge on any atom is 0.270 e. The van der Waals surface area contributed by atoms with Gasteiger partial charge in [-0.2, -0.15) is 0 Å². The second kappa shape index (κ2) is 8.99. The van der Waals surface area contributed by atoms with Crippen molar-refractivity contribution >= 4 is 80.1 Å². The summed E-state index contributed by atoms with van der Waals surface area (Å²) in [6.07, 6.45) is 4.01. The Hall–Kier alpha value is -2.57. The summed E-state index contributed by atoms with van der Waals surface area (Å²) in [5, 5.41) is 1.90. The Morgan fingerprint density at radius 2 is 1.76 bits per heavy atom. The van der Waals surface area contributed by atoms with E-state index in [1.165, 1.54) is 27.8 Å². The number of benzene rings is 3. The molecule has 3 nitrogen and oxygen atoms in total. The number of aryl methyl sites for hydroxylation is 1. The van der Waals surface area contributed by atoms with Gasteiger partial charge in [-0.25, -0.2) is 0 Å². The van der Waals surface area contributed by atoms with Gasteiger partial charge < -0.3 is 4.57 Å². The maximum atomic E-state index is 13.2. The molecule has 1 amide bonds. The van der Waals surface area contributed by atoms with Crippen LogP contribution in [0.25, 0.3) is 17.0 Å². The van der Waals surface area contributed by atoms with E-state index >= 15 is 0 Å². The van der Waals surface area contributed by atoms with Crippen LogP contribution in [0.3, 0.4) is 0 Å². The quantitative estimate of drug-likeness (QED) is 0.208. The van der Waals surface area contributed by atoms with Gasteiger partial charge in [0.1, 0.15) is 0 Å². The SMILES string of the molecule is Cc1ccc(Cn2cc(/C=C3/SC(=S)N(c4ccc(Cl)c(Cl)c4)C3=O)c3ccccc32)cc1. The number of thioether (sulfide) groups is 1. The summed E-state index contributed by atoms with van der Waals surface area (Å²) in [5.74, 6) is -0.168. The van der Waals surface area contributed by atoms with Crippen molar-refractivity contribution < 1.29 is 4.79 Å². The molecule has 1 aliphatic rings. The van der Waals surface area contributed by atoms with Crippen molar-refractivity contribution in [3.8, 4) is 0 Å². The molecule has 1 aliphatic heterocycles. The van der Waals surface area contributed by atoms with Gasteiger partial charge in [0.2, 0.25) is 0 Å². The third-order valence-electron chi connectivity index (χ3n) is 5.53. The largest absolute Gasteiger partial charge is 0.342 e. The molecule has 0 saturated carbocycles. The fraction of sp³-hybridized carbons (Fsp3) is 0.0769. The molecule has 1 saturated heterocycles. The maximum absolute atomic E-state index is 13.2. The van der Waals surface area contributed by atoms with Crippen LogP contribution < -0.4 is 4.90 Å². The molecule has 0 unspecified atom stereocenters. The zero-order chi connectivity index (χ0) is 23.1. The van der Waals surface area contributed by atoms with Crippen molar-refractivity contribution in [1.29, 1.82) is 0 Å². The Balaban J connectivity index is 1.51. The standard InChI is InChI=1S/C26H18Cl2N2OS2/c1-16-6-8-17(9-7-16)14-29-15-18(20-4-2-3-5-23(20)29)12-24-25(31)30(26(32)33-24)19-10-11-21(27)22(28)13-19/h2-13,15H,14H2,1H3/b24-12+. The minimum atomic E-state index is -0.168. The van der Waals surface area contributed by atoms with Crippen LogP contribution in [-0.2, 0) is 11.3 Å². The average molecular weight is 509 g/mol. The summed E-state index contributed by atoms with van der Waals surface area (Å²) >= 11 is 19.0. The molecule has 33 heavy (non-hydrogen) atoms. The van der Waals surface area contributed by atoms with Crippen molar-refractivity contribution in [2.45, 2.75) is 13.5 Å². The highest BCUT2D eigenvalue weighted by Crippen LogP contribution is 2.38. The highest BCUT2D eigenvalue weighted by atomic mass is 35.5. The highest BCUT2D eigenvalue weighted by molar-refractivity contribution is 8.27. The van der Waals surface area contributed by atoms with E-state index in [0.717, 1.165) is 23.0 Å². The van der Waals surface area contributed by atoms with Gasteiger partial charge in [-0.3, -0.25) is 9.69 Å². The van der Waals surface area contributed by atoms with E-state index < -0.39 is 0 Å². The number of halogens is 2. The second-order valence-electron chi connectivity index (χ2n) is 7.83. The normalized spacial score (nSPS) is 15.2. The Morgan fingerprint density at radius 3 is 2.52 bits per heavy atom. The molecular weight excluding hydrogens is 491 g/mol. The third kappa shape index (κ3) is 4.34. The molecule has 1 aromatic heterocycles. The van der Waals surface area contributed by atoms with Crippen molar-refractivity contribution in [3.63, 3.8) is 0 Å². The van der Waals surface area contributed by atoms with E-state index in [4.69, 9.17) is 35.4 Å². The van der Waals surface area contributed by atoms with Crippen molar-refractivity contribution in [2.24, 2.45) is 0 Å². The van der Waals surface area contributed by atoms with E-state index in [2.05, 4.69) is 54.1 Å². The molecule has 2 heterocycles. The van der Waals surface area contributed by atoms with Gasteiger partial charge in [-0.15, -0.1) is 0 Å². The van der Waals surface area contributed by atoms with Gasteiger partial charge in [0.25, 0.3) is 5.91 Å². The van der Waals surface area contributed by atoms with Crippen molar-refractivity contribution in [1.82, 2.24) is 4.57 Å². The predicted molar refractivity (Wildman–Crippen MR) is 144 cm³/mol. The molecule has 3 aromatic carbocycles. The number of carbonyl (C=O) groups is 1. The number of hydrogen-bond donors (Lipinski definition) is 0. The van der Waals surface area contributed by atoms with E-state index in [1.54, 1.807) is 18.2 Å². The molecule has 5 rings (SSSR count). The van der Waals surface area contributed by atoms with E-state index in [9.17, 15) is 4.79 Å². The number of thiocarbonyl (C=S) groups is 1. The zero-order valence-electron chi connectivity index (χ0n) is 17.6. The van der Waals surface area contributed by atoms with Gasteiger partial charge in [-0.1, -0.05) is 95.2 Å². The van der Waals surface area contributed by atoms with Gasteiger partial charge in [0.05, 0.1) is 20.6 Å². The molecule has 0 aliphatic carbocycles. The molecular formula is C26H18Cl2N2OS2. The molecule has 7 heteroatoms. The number of fused-ring (bicyclic) bond motifs is 1. The molecule has 0 radical (unpaired) electrons. The summed E-state index contributed by atoms with van der Waals surface area (Å²) in [4.78, 5) is 15.3. The lowest BCUT2D eigenvalue weighted by Crippen LogP contribution is -2.27. The number of carbonyl (C=O) groups excluding carboxylic acids is 1. The summed E-state index contributed by atoms with van der Waals surface area (Å²) in [7, 11) is 0. The minimum Gasteiger partial charge on any atom is -0.342 e. The number of anilines is 1. The summed E-state index contributed by atoms with van der Waals surface area (Å²) < 4.78 is 2.68. The number of rotatable bonds is 4. The van der Waals surface area contributed by atoms with Crippen LogP contribution in [0.2, 0.25) is 10.0 Å². The van der Waals surface area contributed by atoms with Gasteiger partial charge in [0.15, 0.2) is 4.32 Å². The average Bonchev–Trinajstić information content (AvgIpc) is 3.28. The minimum absolute atomic E-state index is 0.168. The van der Waals surface area contributed by atoms with Crippen LogP contribution in [0.15, 0.2) is 77.8 Å². The number of para-hydroxylation sites is 1. The highest BCUT2D eigenvalue weighted by Gasteiger charge is 2.33. The first-order valence-electron chi connectivity index (χ1n) is 10.3. The second-order valence-corrected chi connectivity index (χ2v) is 10.3. The monoisotopic (exact) mass is 508 g/mol. The number of aromatic nitrogens is 1. The molecule has 1 fully saturated rings. The number of amides is 1. The van der Waals surface area contributed by atoms with Gasteiger partial charge in [0, 0.05) is 29.2 Å². The molecule has 0 spiro atoms. The molecule has 0 bridgehead atoms. The zero-order valence-corrected chi connectivity index (χ0v) is 20.7. The lowest BCUT2D eigenvalue weighted by Gasteiger charge is -2.15. The third-order valence-corrected chi connectivity index (χ3v) is 7.58. The first kappa shape index (κ1) is 22.2. The number of hydrogen-bond acceptors (Lipinski definition) is 3. The Kier molecular flexibility index (Phi) is 6.06. The lowest BCUT2D eigenvalue weighted by atomic mass is 10.1. The van der Waals surface area contributed by atoms with Gasteiger partial charge in [-0.05, 0) is 42.8 Å². The Bertz CT molecular complexity index is 1440. The number of nitrogens with zero attached hydrogens (tertiary/aromatic N) is 2. The first-order valence-corrected chi connectivity index (χ1v) is 12.3. The van der Waals surface area contributed by atoms with Gasteiger partial charge >= 0.3 is 0 Å². The van der Waals surface area contributed by atoms with E-state index in [1.807, 2.05) is 18.2 Å². The van der Waals surface area contributed by atoms with Crippen molar-refractivity contribution in [2.75, 3.05) is 4.90 Å². The van der Waals surface area contributed by atoms with Crippen LogP contribution in [0, 0.1) is 6.92 Å². The summed E-state index contributed by atoms with van der Waals surface area (Å²) in [6, 6.07) is 21.8. The molecule has 0 N–H and O–H groups in total. The molecule has 4 aromatic rings. The van der Waals surface area contributed by atoms with Crippen LogP contribution in [0.1, 0.15) is 16.7 Å². The molecule has 164 valence electrons. The first-order chi connectivity index (χ1) is 15.9. The summed E-state index contributed by atoms with van der Waals surface area (Å²) in [6.45, 7) is 2.83. The smallest absolute Gasteiger partial charge is 0.270 e. The fourth-order valence-electron chi connectivity index (χ4n) is 3.87. The lowest BCUT2D eigenvalue weighted by molar-refractivity contribution is -0.113. The van der Waals surface area contributed by atoms with Crippen LogP contribution >= 0.6 is 47.2 Å². The molecule has 0 atom stereocenters. The van der Waals surface area contributed by atoms with Crippen LogP contribution in [-0.4, -0.2) is 14.8 Å². The van der Waals surface area contributed by atoms with Crippen LogP contribution in [0.5, 0.6) is 0 Å². The van der Waals surface area contributed by atoms with Crippen molar-refractivity contribution in [3.05, 3.63) is 105 Å². The topological polar surface area (TPSA) is 25.2 Å². The predicted octanol–water partition coefficient (Wildman–Crippen LogP) is 7.71. The Morgan fingerprint density at radius 1 is 1.00 bits per heavy atom. The van der Waals surface area contributed by atoms with E-state index in [-0.39, 0.29) is 5.91 Å². The van der Waals surface area contributed by atoms with E-state index in [0.29, 0.717) is 25.0 Å².